The van der Waals surface area contributed by atoms with Crippen molar-refractivity contribution in [3.8, 4) is 6.07 Å². The molecule has 4 nitrogen and oxygen atoms in total. The van der Waals surface area contributed by atoms with Crippen LogP contribution < -0.4 is 5.32 Å². The van der Waals surface area contributed by atoms with Crippen molar-refractivity contribution < 1.29 is 4.42 Å². The first-order chi connectivity index (χ1) is 8.29. The van der Waals surface area contributed by atoms with Crippen molar-refractivity contribution in [2.24, 2.45) is 0 Å². The van der Waals surface area contributed by atoms with Crippen molar-refractivity contribution in [1.82, 2.24) is 10.2 Å². The lowest BCUT2D eigenvalue weighted by molar-refractivity contribution is 0.182. The fourth-order valence-corrected chi connectivity index (χ4v) is 2.28. The van der Waals surface area contributed by atoms with E-state index in [-0.39, 0.29) is 6.04 Å². The highest BCUT2D eigenvalue weighted by Crippen LogP contribution is 2.15. The lowest BCUT2D eigenvalue weighted by atomic mass is 10.2. The van der Waals surface area contributed by atoms with Crippen LogP contribution in [0.25, 0.3) is 0 Å². The van der Waals surface area contributed by atoms with Crippen molar-refractivity contribution in [2.75, 3.05) is 13.1 Å². The Balaban J connectivity index is 1.99. The average Bonchev–Trinajstić information content (AvgIpc) is 2.74. The van der Waals surface area contributed by atoms with Gasteiger partial charge in [-0.1, -0.05) is 0 Å². The van der Waals surface area contributed by atoms with Gasteiger partial charge in [0.1, 0.15) is 5.76 Å². The fourth-order valence-electron chi connectivity index (χ4n) is 2.28. The predicted molar refractivity (Wildman–Crippen MR) is 65.2 cm³/mol. The van der Waals surface area contributed by atoms with E-state index >= 15 is 0 Å². The molecule has 0 saturated carbocycles. The van der Waals surface area contributed by atoms with Crippen LogP contribution in [-0.2, 0) is 6.54 Å². The minimum Gasteiger partial charge on any atom is -0.468 e. The third-order valence-corrected chi connectivity index (χ3v) is 3.35. The highest BCUT2D eigenvalue weighted by atomic mass is 16.3. The van der Waals surface area contributed by atoms with E-state index in [4.69, 9.17) is 9.68 Å². The molecular weight excluding hydrogens is 214 g/mol. The summed E-state index contributed by atoms with van der Waals surface area (Å²) in [5.74, 6) is 0.995. The van der Waals surface area contributed by atoms with Crippen LogP contribution in [0.4, 0.5) is 0 Å². The van der Waals surface area contributed by atoms with Crippen LogP contribution in [0.1, 0.15) is 25.5 Å². The molecule has 0 amide bonds. The van der Waals surface area contributed by atoms with Crippen LogP contribution in [0, 0.1) is 11.3 Å². The van der Waals surface area contributed by atoms with Gasteiger partial charge >= 0.3 is 0 Å². The van der Waals surface area contributed by atoms with Crippen molar-refractivity contribution in [3.63, 3.8) is 0 Å². The molecule has 1 aromatic heterocycles. The molecule has 2 atom stereocenters. The molecule has 0 spiro atoms. The van der Waals surface area contributed by atoms with Crippen LogP contribution in [0.5, 0.6) is 0 Å². The minimum absolute atomic E-state index is 0.278. The number of hydrogen-bond acceptors (Lipinski definition) is 4. The van der Waals surface area contributed by atoms with Crippen LogP contribution in [0.2, 0.25) is 0 Å². The number of furan rings is 1. The molecule has 4 heteroatoms. The highest BCUT2D eigenvalue weighted by molar-refractivity contribution is 4.99. The Hall–Kier alpha value is -1.31. The summed E-state index contributed by atoms with van der Waals surface area (Å²) in [5.41, 5.74) is 0. The summed E-state index contributed by atoms with van der Waals surface area (Å²) in [6.45, 7) is 4.97. The van der Waals surface area contributed by atoms with Crippen LogP contribution in [0.3, 0.4) is 0 Å². The molecule has 1 aliphatic heterocycles. The summed E-state index contributed by atoms with van der Waals surface area (Å²) in [5, 5.41) is 12.2. The molecule has 1 saturated heterocycles. The summed E-state index contributed by atoms with van der Waals surface area (Å²) >= 11 is 0. The van der Waals surface area contributed by atoms with Crippen LogP contribution in [0.15, 0.2) is 22.8 Å². The van der Waals surface area contributed by atoms with Gasteiger partial charge in [0.2, 0.25) is 0 Å². The Kier molecular flexibility index (Phi) is 4.18. The Bertz CT molecular complexity index is 369. The Morgan fingerprint density at radius 3 is 3.24 bits per heavy atom. The van der Waals surface area contributed by atoms with Gasteiger partial charge in [0.25, 0.3) is 0 Å². The van der Waals surface area contributed by atoms with E-state index in [1.54, 1.807) is 6.26 Å². The quantitative estimate of drug-likeness (QED) is 0.864. The van der Waals surface area contributed by atoms with Gasteiger partial charge in [0.15, 0.2) is 0 Å². The third-order valence-electron chi connectivity index (χ3n) is 3.35. The normalized spacial score (nSPS) is 26.4. The van der Waals surface area contributed by atoms with Gasteiger partial charge in [-0.3, -0.25) is 4.90 Å². The zero-order valence-corrected chi connectivity index (χ0v) is 10.2. The highest BCUT2D eigenvalue weighted by Gasteiger charge is 2.23. The van der Waals surface area contributed by atoms with E-state index in [0.29, 0.717) is 12.5 Å². The first kappa shape index (κ1) is 12.2. The van der Waals surface area contributed by atoms with Gasteiger partial charge in [-0.2, -0.15) is 5.26 Å². The Morgan fingerprint density at radius 1 is 1.65 bits per heavy atom. The Morgan fingerprint density at radius 2 is 2.53 bits per heavy atom. The van der Waals surface area contributed by atoms with E-state index in [1.807, 2.05) is 12.1 Å². The molecule has 0 aliphatic carbocycles. The molecule has 0 radical (unpaired) electrons. The molecular formula is C13H19N3O. The number of nitrogens with zero attached hydrogens (tertiary/aromatic N) is 2. The van der Waals surface area contributed by atoms with Gasteiger partial charge in [-0.25, -0.2) is 0 Å². The number of rotatable bonds is 3. The van der Waals surface area contributed by atoms with Crippen molar-refractivity contribution in [3.05, 3.63) is 24.2 Å². The monoisotopic (exact) mass is 233 g/mol. The minimum atomic E-state index is 0.278. The topological polar surface area (TPSA) is 52.2 Å². The van der Waals surface area contributed by atoms with Gasteiger partial charge < -0.3 is 9.73 Å². The predicted octanol–water partition coefficient (Wildman–Crippen LogP) is 1.75. The van der Waals surface area contributed by atoms with E-state index in [0.717, 1.165) is 31.8 Å². The maximum Gasteiger partial charge on any atom is 0.117 e. The van der Waals surface area contributed by atoms with Crippen molar-refractivity contribution in [2.45, 2.75) is 38.4 Å². The van der Waals surface area contributed by atoms with Crippen molar-refractivity contribution in [1.29, 1.82) is 5.26 Å². The second-order valence-electron chi connectivity index (χ2n) is 4.66. The summed E-state index contributed by atoms with van der Waals surface area (Å²) in [7, 11) is 0. The summed E-state index contributed by atoms with van der Waals surface area (Å²) in [4.78, 5) is 2.39. The third kappa shape index (κ3) is 3.32. The smallest absolute Gasteiger partial charge is 0.117 e. The molecule has 17 heavy (non-hydrogen) atoms. The molecule has 1 aromatic rings. The molecule has 0 bridgehead atoms. The van der Waals surface area contributed by atoms with E-state index < -0.39 is 0 Å². The summed E-state index contributed by atoms with van der Waals surface area (Å²) in [6, 6.07) is 6.97. The first-order valence-electron chi connectivity index (χ1n) is 6.16. The molecule has 2 unspecified atom stereocenters. The largest absolute Gasteiger partial charge is 0.468 e. The average molecular weight is 233 g/mol. The van der Waals surface area contributed by atoms with Gasteiger partial charge in [-0.05, 0) is 32.0 Å². The molecule has 1 aliphatic rings. The molecule has 2 heterocycles. The van der Waals surface area contributed by atoms with Crippen LogP contribution >= 0.6 is 0 Å². The second kappa shape index (κ2) is 5.85. The lowest BCUT2D eigenvalue weighted by Crippen LogP contribution is -2.39. The van der Waals surface area contributed by atoms with E-state index in [2.05, 4.69) is 23.2 Å². The Labute approximate surface area is 102 Å². The number of nitrogens with one attached hydrogen (secondary N) is 1. The lowest BCUT2D eigenvalue weighted by Gasteiger charge is -2.27. The molecule has 1 N–H and O–H groups in total. The van der Waals surface area contributed by atoms with Gasteiger partial charge in [0.05, 0.1) is 25.3 Å². The zero-order valence-electron chi connectivity index (χ0n) is 10.2. The van der Waals surface area contributed by atoms with Crippen molar-refractivity contribution >= 4 is 0 Å². The zero-order chi connectivity index (χ0) is 12.1. The van der Waals surface area contributed by atoms with E-state index in [1.165, 1.54) is 0 Å². The number of hydrogen-bond donors (Lipinski definition) is 1. The standard InChI is InChI=1S/C13H19N3O/c1-11-5-7-15-12(4-6-14)9-16(11)10-13-3-2-8-17-13/h2-3,8,11-12,15H,4-5,7,9-10H2,1H3. The molecule has 0 aromatic carbocycles. The molecule has 1 fully saturated rings. The second-order valence-corrected chi connectivity index (χ2v) is 4.66. The first-order valence-corrected chi connectivity index (χ1v) is 6.16. The molecule has 2 rings (SSSR count). The summed E-state index contributed by atoms with van der Waals surface area (Å²) < 4.78 is 5.39. The van der Waals surface area contributed by atoms with Crippen LogP contribution in [-0.4, -0.2) is 30.1 Å². The maximum absolute atomic E-state index is 8.79. The van der Waals surface area contributed by atoms with E-state index in [9.17, 15) is 0 Å². The maximum atomic E-state index is 8.79. The number of nitriles is 1. The SMILES string of the molecule is CC1CCNC(CC#N)CN1Cc1ccco1. The summed E-state index contributed by atoms with van der Waals surface area (Å²) in [6.07, 6.45) is 3.40. The van der Waals surface area contributed by atoms with Gasteiger partial charge in [-0.15, -0.1) is 0 Å². The van der Waals surface area contributed by atoms with Gasteiger partial charge in [0, 0.05) is 18.6 Å². The fraction of sp³-hybridized carbons (Fsp3) is 0.615. The molecule has 92 valence electrons.